The molecule has 7 heteroatoms. The molecular weight excluding hydrogens is 381 g/mol. The van der Waals surface area contributed by atoms with E-state index in [-0.39, 0.29) is 37.0 Å². The predicted molar refractivity (Wildman–Crippen MR) is 107 cm³/mol. The number of aliphatic hydroxyl groups is 1. The van der Waals surface area contributed by atoms with Crippen LogP contribution in [0.15, 0.2) is 54.6 Å². The summed E-state index contributed by atoms with van der Waals surface area (Å²) in [6, 6.07) is 14.1. The van der Waals surface area contributed by atoms with Gasteiger partial charge in [0.25, 0.3) is 0 Å². The minimum atomic E-state index is -0.406. The summed E-state index contributed by atoms with van der Waals surface area (Å²) in [7, 11) is 0. The standard InChI is InChI=1S/C19H16F2N2O.C3H7FO/c20-15-6-1-12(2-7-15)17-11-14(5-10-18(22)24)19(23-17)13-3-8-16(21)9-4-13;4-2-1-3-5/h1-4,6-9,11,23H,5,10H2,(H2,22,24);5H,1-3H2. The molecule has 0 saturated heterocycles. The molecule has 29 heavy (non-hydrogen) atoms. The molecule has 0 aliphatic rings. The van der Waals surface area contributed by atoms with E-state index in [2.05, 4.69) is 4.98 Å². The second-order valence-corrected chi connectivity index (χ2v) is 6.33. The summed E-state index contributed by atoms with van der Waals surface area (Å²) in [6.45, 7) is -0.438. The Hall–Kier alpha value is -3.06. The number of nitrogens with two attached hydrogens (primary N) is 1. The van der Waals surface area contributed by atoms with Gasteiger partial charge in [0.15, 0.2) is 0 Å². The van der Waals surface area contributed by atoms with E-state index in [1.54, 1.807) is 24.3 Å². The van der Waals surface area contributed by atoms with Crippen LogP contribution < -0.4 is 5.73 Å². The molecule has 4 N–H and O–H groups in total. The first-order chi connectivity index (χ1) is 13.9. The number of benzene rings is 2. The number of aryl methyl sites for hydroxylation is 1. The van der Waals surface area contributed by atoms with Gasteiger partial charge >= 0.3 is 0 Å². The maximum Gasteiger partial charge on any atom is 0.217 e. The maximum absolute atomic E-state index is 13.2. The lowest BCUT2D eigenvalue weighted by Crippen LogP contribution is -2.11. The first kappa shape index (κ1) is 22.2. The summed E-state index contributed by atoms with van der Waals surface area (Å²) in [6.07, 6.45) is 0.967. The topological polar surface area (TPSA) is 79.1 Å². The van der Waals surface area contributed by atoms with Crippen LogP contribution in [0.2, 0.25) is 0 Å². The molecule has 0 aliphatic carbocycles. The van der Waals surface area contributed by atoms with Crippen LogP contribution in [-0.4, -0.2) is 29.3 Å². The molecule has 1 heterocycles. The van der Waals surface area contributed by atoms with Crippen LogP contribution in [0.4, 0.5) is 13.2 Å². The number of amides is 1. The summed E-state index contributed by atoms with van der Waals surface area (Å²) in [5.41, 5.74) is 9.38. The zero-order valence-electron chi connectivity index (χ0n) is 15.8. The highest BCUT2D eigenvalue weighted by Crippen LogP contribution is 2.30. The van der Waals surface area contributed by atoms with E-state index in [1.807, 2.05) is 6.07 Å². The van der Waals surface area contributed by atoms with Crippen molar-refractivity contribution in [2.24, 2.45) is 5.73 Å². The Morgan fingerprint density at radius 1 is 0.966 bits per heavy atom. The van der Waals surface area contributed by atoms with E-state index >= 15 is 0 Å². The lowest BCUT2D eigenvalue weighted by Gasteiger charge is -2.03. The SMILES string of the molecule is NC(=O)CCc1cc(-c2ccc(F)cc2)[nH]c1-c1ccc(F)cc1.OCCCF. The van der Waals surface area contributed by atoms with Crippen LogP contribution in [0.25, 0.3) is 22.5 Å². The largest absolute Gasteiger partial charge is 0.396 e. The number of carbonyl (C=O) groups is 1. The van der Waals surface area contributed by atoms with E-state index in [1.165, 1.54) is 24.3 Å². The smallest absolute Gasteiger partial charge is 0.217 e. The number of aliphatic hydroxyl groups excluding tert-OH is 1. The minimum absolute atomic E-state index is 0.0312. The van der Waals surface area contributed by atoms with Gasteiger partial charge in [-0.05, 0) is 84.1 Å². The molecular formula is C22H23F3N2O2. The lowest BCUT2D eigenvalue weighted by molar-refractivity contribution is -0.117. The third kappa shape index (κ3) is 6.80. The van der Waals surface area contributed by atoms with Crippen molar-refractivity contribution < 1.29 is 23.1 Å². The average Bonchev–Trinajstić information content (AvgIpc) is 3.13. The molecule has 0 spiro atoms. The Morgan fingerprint density at radius 2 is 1.52 bits per heavy atom. The monoisotopic (exact) mass is 404 g/mol. The van der Waals surface area contributed by atoms with Crippen molar-refractivity contribution in [2.75, 3.05) is 13.3 Å². The summed E-state index contributed by atoms with van der Waals surface area (Å²) in [5, 5.41) is 7.83. The number of H-pyrrole nitrogens is 1. The molecule has 4 nitrogen and oxygen atoms in total. The van der Waals surface area contributed by atoms with Crippen molar-refractivity contribution >= 4 is 5.91 Å². The van der Waals surface area contributed by atoms with Crippen LogP contribution in [-0.2, 0) is 11.2 Å². The molecule has 0 unspecified atom stereocenters. The third-order valence-corrected chi connectivity index (χ3v) is 4.12. The van der Waals surface area contributed by atoms with Crippen molar-refractivity contribution in [3.63, 3.8) is 0 Å². The maximum atomic E-state index is 13.2. The molecule has 2 aromatic carbocycles. The number of primary amides is 1. The van der Waals surface area contributed by atoms with E-state index in [0.717, 1.165) is 28.1 Å². The fourth-order valence-corrected chi connectivity index (χ4v) is 2.67. The molecule has 0 saturated carbocycles. The highest BCUT2D eigenvalue weighted by Gasteiger charge is 2.13. The zero-order valence-corrected chi connectivity index (χ0v) is 15.8. The lowest BCUT2D eigenvalue weighted by atomic mass is 10.0. The van der Waals surface area contributed by atoms with Crippen LogP contribution in [0, 0.1) is 11.6 Å². The van der Waals surface area contributed by atoms with Gasteiger partial charge in [0.1, 0.15) is 11.6 Å². The summed E-state index contributed by atoms with van der Waals surface area (Å²) in [5.74, 6) is -1.01. The molecule has 1 aromatic heterocycles. The zero-order chi connectivity index (χ0) is 21.2. The van der Waals surface area contributed by atoms with Gasteiger partial charge in [-0.2, -0.15) is 0 Å². The molecule has 0 atom stereocenters. The quantitative estimate of drug-likeness (QED) is 0.546. The van der Waals surface area contributed by atoms with Gasteiger partial charge in [-0.15, -0.1) is 0 Å². The number of rotatable bonds is 7. The van der Waals surface area contributed by atoms with Gasteiger partial charge in [0, 0.05) is 24.4 Å². The van der Waals surface area contributed by atoms with Crippen molar-refractivity contribution in [1.29, 1.82) is 0 Å². The number of aromatic amines is 1. The number of carbonyl (C=O) groups excluding carboxylic acids is 1. The normalized spacial score (nSPS) is 10.3. The molecule has 0 radical (unpaired) electrons. The predicted octanol–water partition coefficient (Wildman–Crippen LogP) is 4.38. The van der Waals surface area contributed by atoms with E-state index < -0.39 is 6.67 Å². The van der Waals surface area contributed by atoms with Crippen LogP contribution in [0.1, 0.15) is 18.4 Å². The summed E-state index contributed by atoms with van der Waals surface area (Å²) in [4.78, 5) is 14.4. The van der Waals surface area contributed by atoms with E-state index in [9.17, 15) is 18.0 Å². The summed E-state index contributed by atoms with van der Waals surface area (Å²) < 4.78 is 37.1. The van der Waals surface area contributed by atoms with Crippen LogP contribution in [0.5, 0.6) is 0 Å². The average molecular weight is 404 g/mol. The van der Waals surface area contributed by atoms with Gasteiger partial charge in [0.05, 0.1) is 6.67 Å². The highest BCUT2D eigenvalue weighted by molar-refractivity contribution is 5.76. The number of hydrogen-bond donors (Lipinski definition) is 3. The summed E-state index contributed by atoms with van der Waals surface area (Å²) >= 11 is 0. The Balaban J connectivity index is 0.000000537. The molecule has 3 rings (SSSR count). The fraction of sp³-hybridized carbons (Fsp3) is 0.227. The van der Waals surface area contributed by atoms with Crippen molar-refractivity contribution in [3.8, 4) is 22.5 Å². The second kappa shape index (κ2) is 11.1. The Bertz CT molecular complexity index is 905. The van der Waals surface area contributed by atoms with Gasteiger partial charge in [-0.3, -0.25) is 9.18 Å². The number of halogens is 3. The minimum Gasteiger partial charge on any atom is -0.396 e. The number of aromatic nitrogens is 1. The molecule has 3 aromatic rings. The fourth-order valence-electron chi connectivity index (χ4n) is 2.67. The van der Waals surface area contributed by atoms with Crippen molar-refractivity contribution in [3.05, 3.63) is 71.8 Å². The molecule has 1 amide bonds. The van der Waals surface area contributed by atoms with Gasteiger partial charge in [0.2, 0.25) is 5.91 Å². The Labute approximate surface area is 167 Å². The highest BCUT2D eigenvalue weighted by atomic mass is 19.1. The molecule has 154 valence electrons. The Kier molecular flexibility index (Phi) is 8.48. The third-order valence-electron chi connectivity index (χ3n) is 4.12. The first-order valence-electron chi connectivity index (χ1n) is 9.13. The number of hydrogen-bond acceptors (Lipinski definition) is 2. The molecule has 0 fully saturated rings. The van der Waals surface area contributed by atoms with Gasteiger partial charge < -0.3 is 15.8 Å². The number of nitrogens with one attached hydrogen (secondary N) is 1. The van der Waals surface area contributed by atoms with E-state index in [4.69, 9.17) is 10.8 Å². The first-order valence-corrected chi connectivity index (χ1v) is 9.13. The second-order valence-electron chi connectivity index (χ2n) is 6.33. The van der Waals surface area contributed by atoms with Crippen molar-refractivity contribution in [2.45, 2.75) is 19.3 Å². The molecule has 0 bridgehead atoms. The van der Waals surface area contributed by atoms with Crippen molar-refractivity contribution in [1.82, 2.24) is 4.98 Å². The van der Waals surface area contributed by atoms with E-state index in [0.29, 0.717) is 6.42 Å². The van der Waals surface area contributed by atoms with Gasteiger partial charge in [-0.25, -0.2) is 8.78 Å². The van der Waals surface area contributed by atoms with Crippen LogP contribution >= 0.6 is 0 Å². The van der Waals surface area contributed by atoms with Crippen LogP contribution in [0.3, 0.4) is 0 Å². The Morgan fingerprint density at radius 3 is 1.97 bits per heavy atom. The van der Waals surface area contributed by atoms with Gasteiger partial charge in [-0.1, -0.05) is 0 Å². The molecule has 0 aliphatic heterocycles. The number of alkyl halides is 1.